The number of hydrogen-bond acceptors (Lipinski definition) is 4. The van der Waals surface area contributed by atoms with Crippen LogP contribution in [0, 0.1) is 0 Å². The first kappa shape index (κ1) is 23.4. The molecule has 0 N–H and O–H groups in total. The third-order valence-corrected chi connectivity index (χ3v) is 11.6. The van der Waals surface area contributed by atoms with E-state index < -0.39 is 0 Å². The molecule has 0 saturated carbocycles. The highest BCUT2D eigenvalue weighted by atomic mass is 32.1. The Morgan fingerprint density at radius 3 is 1.23 bits per heavy atom. The Balaban J connectivity index is 1.16. The minimum Gasteiger partial charge on any atom is -0.372 e. The summed E-state index contributed by atoms with van der Waals surface area (Å²) >= 11 is 3.90. The molecular formula is C36H32N2S2. The summed E-state index contributed by atoms with van der Waals surface area (Å²) in [6, 6.07) is 28.8. The van der Waals surface area contributed by atoms with Gasteiger partial charge in [0.1, 0.15) is 0 Å². The largest absolute Gasteiger partial charge is 0.372 e. The van der Waals surface area contributed by atoms with Gasteiger partial charge in [-0.25, -0.2) is 0 Å². The zero-order chi connectivity index (χ0) is 26.2. The molecular weight excluding hydrogens is 525 g/mol. The maximum absolute atomic E-state index is 2.56. The molecule has 0 unspecified atom stereocenters. The number of anilines is 2. The second kappa shape index (κ2) is 9.09. The zero-order valence-corrected chi connectivity index (χ0v) is 24.3. The summed E-state index contributed by atoms with van der Waals surface area (Å²) < 4.78 is 5.59. The van der Waals surface area contributed by atoms with Gasteiger partial charge in [-0.1, -0.05) is 12.1 Å². The highest BCUT2D eigenvalue weighted by Crippen LogP contribution is 2.44. The van der Waals surface area contributed by atoms with E-state index >= 15 is 0 Å². The van der Waals surface area contributed by atoms with E-state index in [1.54, 1.807) is 0 Å². The Kier molecular flexibility index (Phi) is 5.31. The summed E-state index contributed by atoms with van der Waals surface area (Å²) in [5.41, 5.74) is 2.77. The highest BCUT2D eigenvalue weighted by molar-refractivity contribution is 7.27. The predicted molar refractivity (Wildman–Crippen MR) is 179 cm³/mol. The second-order valence-electron chi connectivity index (χ2n) is 11.9. The second-order valence-corrected chi connectivity index (χ2v) is 14.1. The normalized spacial score (nSPS) is 16.9. The molecule has 4 heteroatoms. The van der Waals surface area contributed by atoms with Crippen LogP contribution in [-0.4, -0.2) is 26.2 Å². The molecule has 0 aliphatic carbocycles. The Morgan fingerprint density at radius 2 is 0.775 bits per heavy atom. The molecule has 0 radical (unpaired) electrons. The van der Waals surface area contributed by atoms with E-state index in [1.165, 1.54) is 138 Å². The molecule has 40 heavy (non-hydrogen) atoms. The summed E-state index contributed by atoms with van der Waals surface area (Å²) in [7, 11) is 0. The van der Waals surface area contributed by atoms with Crippen molar-refractivity contribution in [3.05, 3.63) is 72.8 Å². The predicted octanol–water partition coefficient (Wildman–Crippen LogP) is 10.7. The molecule has 0 amide bonds. The van der Waals surface area contributed by atoms with Crippen molar-refractivity contribution in [3.8, 4) is 0 Å². The van der Waals surface area contributed by atoms with Gasteiger partial charge in [-0.3, -0.25) is 0 Å². The van der Waals surface area contributed by atoms with E-state index in [2.05, 4.69) is 82.6 Å². The molecule has 0 spiro atoms. The number of hydrogen-bond donors (Lipinski definition) is 0. The van der Waals surface area contributed by atoms with Crippen molar-refractivity contribution in [3.63, 3.8) is 0 Å². The molecule has 2 aromatic heterocycles. The molecule has 2 aliphatic rings. The zero-order valence-electron chi connectivity index (χ0n) is 22.7. The third kappa shape index (κ3) is 3.73. The summed E-state index contributed by atoms with van der Waals surface area (Å²) in [4.78, 5) is 5.13. The van der Waals surface area contributed by atoms with Gasteiger partial charge in [-0.05, 0) is 121 Å². The molecule has 0 bridgehead atoms. The van der Waals surface area contributed by atoms with Crippen molar-refractivity contribution in [1.29, 1.82) is 0 Å². The Labute approximate surface area is 242 Å². The van der Waals surface area contributed by atoms with Crippen LogP contribution in [0.25, 0.3) is 61.9 Å². The van der Waals surface area contributed by atoms with E-state index in [0.29, 0.717) is 0 Å². The van der Waals surface area contributed by atoms with E-state index in [1.807, 2.05) is 22.7 Å². The number of rotatable bonds is 2. The maximum atomic E-state index is 2.56. The van der Waals surface area contributed by atoms with Crippen LogP contribution >= 0.6 is 22.7 Å². The first-order chi connectivity index (χ1) is 19.8. The summed E-state index contributed by atoms with van der Waals surface area (Å²) in [5.74, 6) is 0. The summed E-state index contributed by atoms with van der Waals surface area (Å²) in [5, 5.41) is 11.0. The minimum atomic E-state index is 1.19. The van der Waals surface area contributed by atoms with Gasteiger partial charge in [0, 0.05) is 77.9 Å². The standard InChI is InChI=1S/C36H32N2S2/c1-3-11-37(12-4-1)27-9-7-23-17-29-31-21-36-32(22-35(31)39-33(29)19-25(23)15-27)30-18-24-8-10-28(38-13-5-2-6-14-38)16-26(24)20-34(30)40-36/h7-10,15-22H,1-6,11-14H2. The lowest BCUT2D eigenvalue weighted by molar-refractivity contribution is 0.578. The smallest absolute Gasteiger partial charge is 0.0372 e. The molecule has 2 nitrogen and oxygen atoms in total. The Hall–Kier alpha value is -3.34. The SMILES string of the molecule is c1cc2cc3c(cc2cc1N1CCCCC1)sc1cc2c(cc13)sc1cc3cc(N4CCCCC4)ccc3cc12. The molecule has 2 aliphatic heterocycles. The molecule has 2 saturated heterocycles. The topological polar surface area (TPSA) is 6.48 Å². The lowest BCUT2D eigenvalue weighted by Gasteiger charge is -2.29. The maximum Gasteiger partial charge on any atom is 0.0372 e. The van der Waals surface area contributed by atoms with Gasteiger partial charge in [-0.2, -0.15) is 0 Å². The summed E-state index contributed by atoms with van der Waals surface area (Å²) in [6.07, 6.45) is 8.00. The van der Waals surface area contributed by atoms with Crippen LogP contribution in [0.15, 0.2) is 72.8 Å². The van der Waals surface area contributed by atoms with Crippen molar-refractivity contribution < 1.29 is 0 Å². The van der Waals surface area contributed by atoms with Gasteiger partial charge in [0.15, 0.2) is 0 Å². The summed E-state index contributed by atoms with van der Waals surface area (Å²) in [6.45, 7) is 4.76. The number of piperidine rings is 2. The fourth-order valence-electron chi connectivity index (χ4n) is 7.20. The van der Waals surface area contributed by atoms with Crippen molar-refractivity contribution >= 4 is 95.9 Å². The number of thiophene rings is 2. The number of fused-ring (bicyclic) bond motifs is 8. The molecule has 198 valence electrons. The Bertz CT molecular complexity index is 1940. The van der Waals surface area contributed by atoms with Crippen LogP contribution in [0.4, 0.5) is 11.4 Å². The first-order valence-corrected chi connectivity index (χ1v) is 16.6. The minimum absolute atomic E-state index is 1.19. The van der Waals surface area contributed by atoms with Crippen molar-refractivity contribution in [1.82, 2.24) is 0 Å². The van der Waals surface area contributed by atoms with Crippen LogP contribution in [0.2, 0.25) is 0 Å². The quantitative estimate of drug-likeness (QED) is 0.209. The van der Waals surface area contributed by atoms with Gasteiger partial charge in [0.2, 0.25) is 0 Å². The lowest BCUT2D eigenvalue weighted by Crippen LogP contribution is -2.29. The van der Waals surface area contributed by atoms with Crippen LogP contribution < -0.4 is 9.80 Å². The third-order valence-electron chi connectivity index (χ3n) is 9.39. The number of nitrogens with zero attached hydrogens (tertiary/aromatic N) is 2. The molecule has 0 atom stereocenters. The van der Waals surface area contributed by atoms with Crippen molar-refractivity contribution in [2.24, 2.45) is 0 Å². The lowest BCUT2D eigenvalue weighted by atomic mass is 10.0. The fourth-order valence-corrected chi connectivity index (χ4v) is 9.52. The van der Waals surface area contributed by atoms with Crippen molar-refractivity contribution in [2.45, 2.75) is 38.5 Å². The van der Waals surface area contributed by atoms with E-state index in [-0.39, 0.29) is 0 Å². The number of benzene rings is 5. The van der Waals surface area contributed by atoms with Gasteiger partial charge in [0.25, 0.3) is 0 Å². The van der Waals surface area contributed by atoms with Crippen molar-refractivity contribution in [2.75, 3.05) is 36.0 Å². The van der Waals surface area contributed by atoms with Gasteiger partial charge >= 0.3 is 0 Å². The average molecular weight is 557 g/mol. The van der Waals surface area contributed by atoms with E-state index in [9.17, 15) is 0 Å². The Morgan fingerprint density at radius 1 is 0.375 bits per heavy atom. The van der Waals surface area contributed by atoms with Gasteiger partial charge in [0.05, 0.1) is 0 Å². The fraction of sp³-hybridized carbons (Fsp3) is 0.278. The van der Waals surface area contributed by atoms with E-state index in [0.717, 1.165) is 0 Å². The van der Waals surface area contributed by atoms with Crippen LogP contribution in [0.5, 0.6) is 0 Å². The first-order valence-electron chi connectivity index (χ1n) is 15.0. The van der Waals surface area contributed by atoms with Crippen LogP contribution in [-0.2, 0) is 0 Å². The van der Waals surface area contributed by atoms with Gasteiger partial charge in [-0.15, -0.1) is 22.7 Å². The highest BCUT2D eigenvalue weighted by Gasteiger charge is 2.16. The molecule has 5 aromatic carbocycles. The molecule has 2 fully saturated rings. The van der Waals surface area contributed by atoms with E-state index in [4.69, 9.17) is 0 Å². The molecule has 9 rings (SSSR count). The van der Waals surface area contributed by atoms with Gasteiger partial charge < -0.3 is 9.80 Å². The van der Waals surface area contributed by atoms with Crippen LogP contribution in [0.3, 0.4) is 0 Å². The average Bonchev–Trinajstić information content (AvgIpc) is 3.53. The van der Waals surface area contributed by atoms with Crippen LogP contribution in [0.1, 0.15) is 38.5 Å². The molecule has 7 aromatic rings. The monoisotopic (exact) mass is 556 g/mol. The molecule has 4 heterocycles.